The fraction of sp³-hybridized carbons (Fsp3) is 0.667. The fourth-order valence-corrected chi connectivity index (χ4v) is 1.80. The van der Waals surface area contributed by atoms with Crippen LogP contribution in [0.4, 0.5) is 0 Å². The zero-order chi connectivity index (χ0) is 13.7. The van der Waals surface area contributed by atoms with Crippen LogP contribution < -0.4 is 5.32 Å². The Bertz CT molecular complexity index is 374. The van der Waals surface area contributed by atoms with Gasteiger partial charge in [0, 0.05) is 37.1 Å². The van der Waals surface area contributed by atoms with Crippen molar-refractivity contribution in [3.63, 3.8) is 0 Å². The number of nitrogens with one attached hydrogen (secondary N) is 1. The Morgan fingerprint density at radius 1 is 1.28 bits per heavy atom. The second-order valence-electron chi connectivity index (χ2n) is 5.56. The van der Waals surface area contributed by atoms with Crippen LogP contribution in [0.25, 0.3) is 0 Å². The molecule has 0 unspecified atom stereocenters. The summed E-state index contributed by atoms with van der Waals surface area (Å²) in [6.45, 7) is 12.8. The first-order chi connectivity index (χ1) is 8.40. The molecule has 1 N–H and O–H groups in total. The van der Waals surface area contributed by atoms with Gasteiger partial charge < -0.3 is 10.2 Å². The number of hydrogen-bond acceptors (Lipinski definition) is 3. The molecule has 0 bridgehead atoms. The Morgan fingerprint density at radius 2 is 1.94 bits per heavy atom. The Hall–Kier alpha value is -0.930. The first-order valence-corrected chi connectivity index (χ1v) is 6.76. The van der Waals surface area contributed by atoms with E-state index >= 15 is 0 Å². The van der Waals surface area contributed by atoms with E-state index in [-0.39, 0.29) is 0 Å². The zero-order valence-corrected chi connectivity index (χ0v) is 12.6. The van der Waals surface area contributed by atoms with Crippen LogP contribution in [0.3, 0.4) is 0 Å². The molecule has 0 aliphatic carbocycles. The van der Waals surface area contributed by atoms with Gasteiger partial charge >= 0.3 is 0 Å². The van der Waals surface area contributed by atoms with Crippen LogP contribution in [0, 0.1) is 13.8 Å². The molecule has 102 valence electrons. The monoisotopic (exact) mass is 249 g/mol. The van der Waals surface area contributed by atoms with Gasteiger partial charge in [-0.15, -0.1) is 0 Å². The summed E-state index contributed by atoms with van der Waals surface area (Å²) in [4.78, 5) is 6.75. The molecule has 1 aromatic heterocycles. The van der Waals surface area contributed by atoms with Gasteiger partial charge in [0.25, 0.3) is 0 Å². The number of nitrogens with zero attached hydrogens (tertiary/aromatic N) is 2. The summed E-state index contributed by atoms with van der Waals surface area (Å²) in [6.07, 6.45) is 1.97. The fourth-order valence-electron chi connectivity index (χ4n) is 1.80. The topological polar surface area (TPSA) is 28.2 Å². The SMILES string of the molecule is Cc1cc(CN[C@@H](C)CN(C)C(C)C)cnc1C. The average molecular weight is 249 g/mol. The van der Waals surface area contributed by atoms with Crippen LogP contribution in [0.15, 0.2) is 12.3 Å². The second kappa shape index (κ2) is 6.86. The Morgan fingerprint density at radius 3 is 2.50 bits per heavy atom. The van der Waals surface area contributed by atoms with Gasteiger partial charge in [-0.2, -0.15) is 0 Å². The molecule has 1 rings (SSSR count). The first kappa shape index (κ1) is 15.1. The quantitative estimate of drug-likeness (QED) is 0.839. The Labute approximate surface area is 112 Å². The number of likely N-dealkylation sites (N-methyl/N-ethyl adjacent to an activating group) is 1. The van der Waals surface area contributed by atoms with Crippen LogP contribution in [0.2, 0.25) is 0 Å². The van der Waals surface area contributed by atoms with E-state index in [9.17, 15) is 0 Å². The summed E-state index contributed by atoms with van der Waals surface area (Å²) in [5.74, 6) is 0. The molecule has 18 heavy (non-hydrogen) atoms. The van der Waals surface area contributed by atoms with E-state index in [1.165, 1.54) is 11.1 Å². The number of aromatic nitrogens is 1. The van der Waals surface area contributed by atoms with Crippen molar-refractivity contribution in [3.8, 4) is 0 Å². The van der Waals surface area contributed by atoms with Crippen LogP contribution in [-0.4, -0.2) is 35.6 Å². The smallest absolute Gasteiger partial charge is 0.0402 e. The Kier molecular flexibility index (Phi) is 5.76. The van der Waals surface area contributed by atoms with Crippen LogP contribution in [0.1, 0.15) is 37.6 Å². The van der Waals surface area contributed by atoms with Crippen molar-refractivity contribution in [2.45, 2.75) is 53.2 Å². The Balaban J connectivity index is 2.42. The predicted octanol–water partition coefficient (Wildman–Crippen LogP) is 2.52. The molecule has 0 radical (unpaired) electrons. The molecule has 0 saturated heterocycles. The lowest BCUT2D eigenvalue weighted by Gasteiger charge is -2.25. The molecule has 3 nitrogen and oxygen atoms in total. The van der Waals surface area contributed by atoms with E-state index in [1.54, 1.807) is 0 Å². The minimum absolute atomic E-state index is 0.485. The molecule has 0 saturated carbocycles. The van der Waals surface area contributed by atoms with Crippen LogP contribution >= 0.6 is 0 Å². The third kappa shape index (κ3) is 4.75. The average Bonchev–Trinajstić information content (AvgIpc) is 2.30. The van der Waals surface area contributed by atoms with Gasteiger partial charge in [0.15, 0.2) is 0 Å². The molecule has 0 aromatic carbocycles. The molecule has 1 atom stereocenters. The minimum atomic E-state index is 0.485. The number of rotatable bonds is 6. The summed E-state index contributed by atoms with van der Waals surface area (Å²) in [5.41, 5.74) is 3.64. The number of hydrogen-bond donors (Lipinski definition) is 1. The van der Waals surface area contributed by atoms with E-state index in [0.717, 1.165) is 18.8 Å². The second-order valence-corrected chi connectivity index (χ2v) is 5.56. The number of aryl methyl sites for hydroxylation is 2. The normalized spacial score (nSPS) is 13.3. The van der Waals surface area contributed by atoms with E-state index in [0.29, 0.717) is 12.1 Å². The van der Waals surface area contributed by atoms with Gasteiger partial charge in [-0.3, -0.25) is 4.98 Å². The molecule has 0 aliphatic rings. The highest BCUT2D eigenvalue weighted by Gasteiger charge is 2.08. The third-order valence-electron chi connectivity index (χ3n) is 3.49. The van der Waals surface area contributed by atoms with Crippen LogP contribution in [-0.2, 0) is 6.54 Å². The van der Waals surface area contributed by atoms with Crippen molar-refractivity contribution in [2.75, 3.05) is 13.6 Å². The molecule has 0 spiro atoms. The first-order valence-electron chi connectivity index (χ1n) is 6.76. The van der Waals surface area contributed by atoms with Gasteiger partial charge in [0.1, 0.15) is 0 Å². The van der Waals surface area contributed by atoms with Gasteiger partial charge in [-0.05, 0) is 52.8 Å². The highest BCUT2D eigenvalue weighted by atomic mass is 15.1. The lowest BCUT2D eigenvalue weighted by Crippen LogP contribution is -2.39. The largest absolute Gasteiger partial charge is 0.309 e. The molecular formula is C15H27N3. The van der Waals surface area contributed by atoms with Crippen molar-refractivity contribution < 1.29 is 0 Å². The van der Waals surface area contributed by atoms with Gasteiger partial charge in [0.05, 0.1) is 0 Å². The summed E-state index contributed by atoms with van der Waals surface area (Å²) in [6, 6.07) is 3.30. The maximum Gasteiger partial charge on any atom is 0.0402 e. The summed E-state index contributed by atoms with van der Waals surface area (Å²) in [5, 5.41) is 3.55. The van der Waals surface area contributed by atoms with E-state index in [4.69, 9.17) is 0 Å². The maximum absolute atomic E-state index is 4.40. The van der Waals surface area contributed by atoms with E-state index in [1.807, 2.05) is 13.1 Å². The predicted molar refractivity (Wildman–Crippen MR) is 77.8 cm³/mol. The molecule has 0 fully saturated rings. The van der Waals surface area contributed by atoms with Crippen molar-refractivity contribution in [1.82, 2.24) is 15.2 Å². The van der Waals surface area contributed by atoms with Crippen LogP contribution in [0.5, 0.6) is 0 Å². The highest BCUT2D eigenvalue weighted by Crippen LogP contribution is 2.06. The lowest BCUT2D eigenvalue weighted by atomic mass is 10.1. The number of pyridine rings is 1. The van der Waals surface area contributed by atoms with E-state index in [2.05, 4.69) is 56.0 Å². The van der Waals surface area contributed by atoms with Gasteiger partial charge in [-0.25, -0.2) is 0 Å². The third-order valence-corrected chi connectivity index (χ3v) is 3.49. The molecular weight excluding hydrogens is 222 g/mol. The lowest BCUT2D eigenvalue weighted by molar-refractivity contribution is 0.246. The van der Waals surface area contributed by atoms with Crippen molar-refractivity contribution in [1.29, 1.82) is 0 Å². The van der Waals surface area contributed by atoms with Gasteiger partial charge in [-0.1, -0.05) is 6.07 Å². The van der Waals surface area contributed by atoms with Gasteiger partial charge in [0.2, 0.25) is 0 Å². The summed E-state index contributed by atoms with van der Waals surface area (Å²) < 4.78 is 0. The summed E-state index contributed by atoms with van der Waals surface area (Å²) in [7, 11) is 2.17. The molecule has 0 aliphatic heterocycles. The molecule has 3 heteroatoms. The summed E-state index contributed by atoms with van der Waals surface area (Å²) >= 11 is 0. The maximum atomic E-state index is 4.40. The molecule has 1 aromatic rings. The minimum Gasteiger partial charge on any atom is -0.309 e. The van der Waals surface area contributed by atoms with Crippen molar-refractivity contribution in [3.05, 3.63) is 29.1 Å². The molecule has 0 amide bonds. The molecule has 1 heterocycles. The van der Waals surface area contributed by atoms with Crippen molar-refractivity contribution >= 4 is 0 Å². The zero-order valence-electron chi connectivity index (χ0n) is 12.6. The van der Waals surface area contributed by atoms with Crippen molar-refractivity contribution in [2.24, 2.45) is 0 Å². The van der Waals surface area contributed by atoms with E-state index < -0.39 is 0 Å². The highest BCUT2D eigenvalue weighted by molar-refractivity contribution is 5.22. The standard InChI is InChI=1S/C15H27N3/c1-11(2)18(6)10-13(4)16-8-15-7-12(3)14(5)17-9-15/h7,9,11,13,16H,8,10H2,1-6H3/t13-/m0/s1.